The van der Waals surface area contributed by atoms with E-state index in [1.165, 1.54) is 6.92 Å². The van der Waals surface area contributed by atoms with E-state index in [1.54, 1.807) is 0 Å². The Balaban J connectivity index is 2.99. The van der Waals surface area contributed by atoms with Crippen LogP contribution in [0.3, 0.4) is 0 Å². The van der Waals surface area contributed by atoms with Gasteiger partial charge >= 0.3 is 6.18 Å². The maximum absolute atomic E-state index is 12.0. The first-order valence-electron chi connectivity index (χ1n) is 3.74. The smallest absolute Gasteiger partial charge is 0.390 e. The highest BCUT2D eigenvalue weighted by atomic mass is 79.9. The van der Waals surface area contributed by atoms with Gasteiger partial charge < -0.3 is 5.11 Å². The summed E-state index contributed by atoms with van der Waals surface area (Å²) in [5.41, 5.74) is 0.568. The number of alkyl halides is 3. The molecule has 14 heavy (non-hydrogen) atoms. The van der Waals surface area contributed by atoms with E-state index in [0.717, 1.165) is 4.68 Å². The molecule has 1 heterocycles. The van der Waals surface area contributed by atoms with Gasteiger partial charge in [-0.15, -0.1) is 0 Å². The number of rotatable bonds is 2. The second kappa shape index (κ2) is 3.90. The Morgan fingerprint density at radius 3 is 2.43 bits per heavy atom. The number of aromatic nitrogens is 2. The Labute approximate surface area is 86.7 Å². The molecule has 0 atom stereocenters. The highest BCUT2D eigenvalue weighted by Crippen LogP contribution is 2.24. The standard InChI is InChI=1S/C7H8BrF3N2O/c1-4-6(8)5(2-14)12-13(4)3-7(9,10)11/h14H,2-3H2,1H3. The first-order chi connectivity index (χ1) is 6.35. The molecule has 0 aliphatic heterocycles. The van der Waals surface area contributed by atoms with Crippen LogP contribution in [0.15, 0.2) is 4.47 Å². The third-order valence-corrected chi connectivity index (χ3v) is 2.71. The monoisotopic (exact) mass is 272 g/mol. The lowest BCUT2D eigenvalue weighted by molar-refractivity contribution is -0.143. The number of halogens is 4. The number of aliphatic hydroxyl groups excluding tert-OH is 1. The Bertz CT molecular complexity index is 334. The summed E-state index contributed by atoms with van der Waals surface area (Å²) >= 11 is 3.06. The van der Waals surface area contributed by atoms with Crippen molar-refractivity contribution in [3.8, 4) is 0 Å². The molecule has 0 aliphatic carbocycles. The van der Waals surface area contributed by atoms with Gasteiger partial charge in [-0.1, -0.05) is 0 Å². The molecule has 1 N–H and O–H groups in total. The summed E-state index contributed by atoms with van der Waals surface area (Å²) < 4.78 is 37.3. The summed E-state index contributed by atoms with van der Waals surface area (Å²) in [6.07, 6.45) is -4.30. The molecule has 1 aromatic rings. The first kappa shape index (κ1) is 11.5. The molecule has 0 radical (unpaired) electrons. The topological polar surface area (TPSA) is 38.1 Å². The second-order valence-corrected chi connectivity index (χ2v) is 3.57. The molecule has 1 rings (SSSR count). The SMILES string of the molecule is Cc1c(Br)c(CO)nn1CC(F)(F)F. The quantitative estimate of drug-likeness (QED) is 0.895. The zero-order valence-electron chi connectivity index (χ0n) is 7.27. The molecule has 0 aliphatic rings. The highest BCUT2D eigenvalue weighted by Gasteiger charge is 2.30. The van der Waals surface area contributed by atoms with Crippen LogP contribution in [-0.2, 0) is 13.2 Å². The van der Waals surface area contributed by atoms with Crippen LogP contribution in [-0.4, -0.2) is 21.1 Å². The van der Waals surface area contributed by atoms with Crippen LogP contribution in [0.1, 0.15) is 11.4 Å². The average Bonchev–Trinajstić information content (AvgIpc) is 2.30. The maximum atomic E-state index is 12.0. The van der Waals surface area contributed by atoms with E-state index in [-0.39, 0.29) is 12.3 Å². The van der Waals surface area contributed by atoms with Crippen molar-refractivity contribution in [2.75, 3.05) is 0 Å². The van der Waals surface area contributed by atoms with E-state index < -0.39 is 12.7 Å². The molecule has 0 amide bonds. The van der Waals surface area contributed by atoms with E-state index in [4.69, 9.17) is 5.11 Å². The average molecular weight is 273 g/mol. The van der Waals surface area contributed by atoms with Gasteiger partial charge in [-0.3, -0.25) is 4.68 Å². The molecule has 1 aromatic heterocycles. The van der Waals surface area contributed by atoms with Crippen molar-refractivity contribution in [1.82, 2.24) is 9.78 Å². The minimum absolute atomic E-state index is 0.215. The normalized spacial score (nSPS) is 12.1. The van der Waals surface area contributed by atoms with Crippen LogP contribution in [0.5, 0.6) is 0 Å². The van der Waals surface area contributed by atoms with Gasteiger partial charge in [-0.25, -0.2) is 0 Å². The minimum Gasteiger partial charge on any atom is -0.390 e. The van der Waals surface area contributed by atoms with Crippen molar-refractivity contribution in [1.29, 1.82) is 0 Å². The molecule has 3 nitrogen and oxygen atoms in total. The fourth-order valence-corrected chi connectivity index (χ4v) is 1.42. The predicted molar refractivity (Wildman–Crippen MR) is 46.6 cm³/mol. The zero-order chi connectivity index (χ0) is 10.9. The highest BCUT2D eigenvalue weighted by molar-refractivity contribution is 9.10. The zero-order valence-corrected chi connectivity index (χ0v) is 8.85. The predicted octanol–water partition coefficient (Wildman–Crippen LogP) is 2.01. The van der Waals surface area contributed by atoms with Crippen LogP contribution in [0.4, 0.5) is 13.2 Å². The molecular weight excluding hydrogens is 265 g/mol. The van der Waals surface area contributed by atoms with Crippen molar-refractivity contribution in [2.45, 2.75) is 26.3 Å². The lowest BCUT2D eigenvalue weighted by Crippen LogP contribution is -2.19. The van der Waals surface area contributed by atoms with Crippen LogP contribution < -0.4 is 0 Å². The van der Waals surface area contributed by atoms with Crippen LogP contribution in [0.25, 0.3) is 0 Å². The number of hydrogen-bond donors (Lipinski definition) is 1. The summed E-state index contributed by atoms with van der Waals surface area (Å²) in [5, 5.41) is 12.4. The lowest BCUT2D eigenvalue weighted by atomic mass is 10.4. The van der Waals surface area contributed by atoms with Gasteiger partial charge in [0.15, 0.2) is 0 Å². The van der Waals surface area contributed by atoms with E-state index >= 15 is 0 Å². The van der Waals surface area contributed by atoms with Crippen molar-refractivity contribution in [3.05, 3.63) is 15.9 Å². The van der Waals surface area contributed by atoms with Crippen molar-refractivity contribution in [2.24, 2.45) is 0 Å². The lowest BCUT2D eigenvalue weighted by Gasteiger charge is -2.07. The van der Waals surface area contributed by atoms with E-state index in [2.05, 4.69) is 21.0 Å². The molecule has 80 valence electrons. The molecule has 0 spiro atoms. The second-order valence-electron chi connectivity index (χ2n) is 2.78. The van der Waals surface area contributed by atoms with Crippen molar-refractivity contribution < 1.29 is 18.3 Å². The maximum Gasteiger partial charge on any atom is 0.408 e. The van der Waals surface area contributed by atoms with Gasteiger partial charge in [-0.2, -0.15) is 18.3 Å². The van der Waals surface area contributed by atoms with E-state index in [0.29, 0.717) is 10.2 Å². The Morgan fingerprint density at radius 1 is 1.50 bits per heavy atom. The number of hydrogen-bond acceptors (Lipinski definition) is 2. The number of nitrogens with zero attached hydrogens (tertiary/aromatic N) is 2. The fourth-order valence-electron chi connectivity index (χ4n) is 1.01. The molecular formula is C7H8BrF3N2O. The van der Waals surface area contributed by atoms with Gasteiger partial charge in [0.05, 0.1) is 16.8 Å². The van der Waals surface area contributed by atoms with Gasteiger partial charge in [0, 0.05) is 0 Å². The molecule has 0 bridgehead atoms. The number of aliphatic hydroxyl groups is 1. The summed E-state index contributed by atoms with van der Waals surface area (Å²) in [4.78, 5) is 0. The third-order valence-electron chi connectivity index (χ3n) is 1.68. The Hall–Kier alpha value is -0.560. The Kier molecular flexibility index (Phi) is 3.20. The molecule has 0 unspecified atom stereocenters. The van der Waals surface area contributed by atoms with Crippen molar-refractivity contribution in [3.63, 3.8) is 0 Å². The molecule has 0 saturated heterocycles. The summed E-state index contributed by atoms with van der Waals surface area (Å²) in [7, 11) is 0. The summed E-state index contributed by atoms with van der Waals surface area (Å²) in [6, 6.07) is 0. The Morgan fingerprint density at radius 2 is 2.07 bits per heavy atom. The molecule has 0 aromatic carbocycles. The van der Waals surface area contributed by atoms with Gasteiger partial charge in [0.25, 0.3) is 0 Å². The van der Waals surface area contributed by atoms with Gasteiger partial charge in [0.1, 0.15) is 12.2 Å². The molecule has 0 saturated carbocycles. The minimum atomic E-state index is -4.30. The first-order valence-corrected chi connectivity index (χ1v) is 4.54. The van der Waals surface area contributed by atoms with Crippen molar-refractivity contribution >= 4 is 15.9 Å². The van der Waals surface area contributed by atoms with E-state index in [1.807, 2.05) is 0 Å². The van der Waals surface area contributed by atoms with Gasteiger partial charge in [0.2, 0.25) is 0 Å². The molecule has 7 heteroatoms. The summed E-state index contributed by atoms with van der Waals surface area (Å²) in [5.74, 6) is 0. The van der Waals surface area contributed by atoms with Crippen LogP contribution in [0, 0.1) is 6.92 Å². The van der Waals surface area contributed by atoms with Crippen LogP contribution in [0.2, 0.25) is 0 Å². The largest absolute Gasteiger partial charge is 0.408 e. The summed E-state index contributed by atoms with van der Waals surface area (Å²) in [6.45, 7) is -0.0221. The van der Waals surface area contributed by atoms with Crippen LogP contribution >= 0.6 is 15.9 Å². The van der Waals surface area contributed by atoms with Gasteiger partial charge in [-0.05, 0) is 22.9 Å². The fraction of sp³-hybridized carbons (Fsp3) is 0.571. The van der Waals surface area contributed by atoms with E-state index in [9.17, 15) is 13.2 Å². The molecule has 0 fully saturated rings. The third kappa shape index (κ3) is 2.48.